The molecule has 0 unspecified atom stereocenters. The van der Waals surface area contributed by atoms with Gasteiger partial charge in [0.25, 0.3) is 0 Å². The lowest BCUT2D eigenvalue weighted by molar-refractivity contribution is -0.107. The van der Waals surface area contributed by atoms with Crippen molar-refractivity contribution in [3.63, 3.8) is 0 Å². The first-order valence-electron chi connectivity index (χ1n) is 3.34. The lowest BCUT2D eigenvalue weighted by atomic mass is 10.2. The van der Waals surface area contributed by atoms with Crippen molar-refractivity contribution < 1.29 is 17.6 Å². The summed E-state index contributed by atoms with van der Waals surface area (Å²) in [4.78, 5) is 3.54. The molecule has 70 valence electrons. The standard InChI is InChI=1S/C8H5F4N/c9-7(8(10,11)12)4-6-2-1-3-13-5-6/h1-5H/b7-4+. The van der Waals surface area contributed by atoms with Crippen molar-refractivity contribution in [3.8, 4) is 0 Å². The summed E-state index contributed by atoms with van der Waals surface area (Å²) >= 11 is 0. The van der Waals surface area contributed by atoms with Crippen LogP contribution < -0.4 is 0 Å². The molecule has 0 radical (unpaired) electrons. The molecule has 0 amide bonds. The van der Waals surface area contributed by atoms with Crippen molar-refractivity contribution in [1.29, 1.82) is 0 Å². The normalized spacial score (nSPS) is 13.1. The minimum absolute atomic E-state index is 0.0809. The van der Waals surface area contributed by atoms with Gasteiger partial charge in [-0.15, -0.1) is 0 Å². The van der Waals surface area contributed by atoms with Crippen LogP contribution in [0.15, 0.2) is 30.4 Å². The van der Waals surface area contributed by atoms with Gasteiger partial charge in [0, 0.05) is 12.4 Å². The number of aromatic nitrogens is 1. The zero-order chi connectivity index (χ0) is 9.90. The SMILES string of the molecule is F/C(=C/c1cccnc1)C(F)(F)F. The van der Waals surface area contributed by atoms with E-state index in [0.29, 0.717) is 6.08 Å². The molecule has 0 fully saturated rings. The Labute approximate surface area is 71.7 Å². The average Bonchev–Trinajstić information content (AvgIpc) is 2.04. The van der Waals surface area contributed by atoms with E-state index in [-0.39, 0.29) is 5.56 Å². The van der Waals surface area contributed by atoms with Gasteiger partial charge in [-0.2, -0.15) is 13.2 Å². The third kappa shape index (κ3) is 2.85. The van der Waals surface area contributed by atoms with Gasteiger partial charge in [0.15, 0.2) is 0 Å². The highest BCUT2D eigenvalue weighted by molar-refractivity contribution is 5.50. The minimum atomic E-state index is -4.92. The number of nitrogens with zero attached hydrogens (tertiary/aromatic N) is 1. The molecule has 0 aliphatic carbocycles. The van der Waals surface area contributed by atoms with E-state index in [1.807, 2.05) is 0 Å². The fourth-order valence-corrected chi connectivity index (χ4v) is 0.690. The lowest BCUT2D eigenvalue weighted by Crippen LogP contribution is -2.07. The highest BCUT2D eigenvalue weighted by Crippen LogP contribution is 2.27. The summed E-state index contributed by atoms with van der Waals surface area (Å²) in [7, 11) is 0. The van der Waals surface area contributed by atoms with Gasteiger partial charge in [0.1, 0.15) is 0 Å². The summed E-state index contributed by atoms with van der Waals surface area (Å²) in [5.74, 6) is -2.12. The molecule has 0 atom stereocenters. The Bertz CT molecular complexity index is 302. The second-order valence-corrected chi connectivity index (χ2v) is 2.28. The average molecular weight is 191 g/mol. The number of halogens is 4. The van der Waals surface area contributed by atoms with Crippen LogP contribution in [0.2, 0.25) is 0 Å². The van der Waals surface area contributed by atoms with Crippen molar-refractivity contribution in [1.82, 2.24) is 4.98 Å². The molecule has 0 aromatic carbocycles. The first-order chi connectivity index (χ1) is 6.00. The van der Waals surface area contributed by atoms with Gasteiger partial charge < -0.3 is 0 Å². The summed E-state index contributed by atoms with van der Waals surface area (Å²) in [5.41, 5.74) is 0.0809. The first kappa shape index (κ1) is 9.70. The smallest absolute Gasteiger partial charge is 0.264 e. The Morgan fingerprint density at radius 3 is 2.54 bits per heavy atom. The molecule has 13 heavy (non-hydrogen) atoms. The zero-order valence-electron chi connectivity index (χ0n) is 6.35. The first-order valence-corrected chi connectivity index (χ1v) is 3.34. The molecule has 5 heteroatoms. The predicted molar refractivity (Wildman–Crippen MR) is 39.4 cm³/mol. The van der Waals surface area contributed by atoms with E-state index in [1.54, 1.807) is 0 Å². The van der Waals surface area contributed by atoms with Crippen molar-refractivity contribution in [2.24, 2.45) is 0 Å². The summed E-state index contributed by atoms with van der Waals surface area (Å²) in [6.45, 7) is 0. The summed E-state index contributed by atoms with van der Waals surface area (Å²) in [6.07, 6.45) is -1.99. The van der Waals surface area contributed by atoms with Gasteiger partial charge >= 0.3 is 6.18 Å². The quantitative estimate of drug-likeness (QED) is 0.622. The molecule has 0 N–H and O–H groups in total. The Morgan fingerprint density at radius 2 is 2.08 bits per heavy atom. The van der Waals surface area contributed by atoms with Crippen LogP contribution in [0.3, 0.4) is 0 Å². The van der Waals surface area contributed by atoms with Crippen molar-refractivity contribution in [2.45, 2.75) is 6.18 Å². The van der Waals surface area contributed by atoms with E-state index >= 15 is 0 Å². The molecule has 0 aliphatic rings. The van der Waals surface area contributed by atoms with Crippen molar-refractivity contribution in [2.75, 3.05) is 0 Å². The highest BCUT2D eigenvalue weighted by Gasteiger charge is 2.34. The van der Waals surface area contributed by atoms with Crippen LogP contribution in [0, 0.1) is 0 Å². The molecular weight excluding hydrogens is 186 g/mol. The summed E-state index contributed by atoms with van der Waals surface area (Å²) < 4.78 is 47.3. The van der Waals surface area contributed by atoms with Gasteiger partial charge in [0.2, 0.25) is 5.83 Å². The van der Waals surface area contributed by atoms with Crippen molar-refractivity contribution in [3.05, 3.63) is 35.9 Å². The van der Waals surface area contributed by atoms with Crippen LogP contribution in [-0.4, -0.2) is 11.2 Å². The zero-order valence-corrected chi connectivity index (χ0v) is 6.35. The lowest BCUT2D eigenvalue weighted by Gasteiger charge is -2.01. The van der Waals surface area contributed by atoms with E-state index in [4.69, 9.17) is 0 Å². The van der Waals surface area contributed by atoms with Gasteiger partial charge in [-0.25, -0.2) is 4.39 Å². The second-order valence-electron chi connectivity index (χ2n) is 2.28. The number of alkyl halides is 3. The van der Waals surface area contributed by atoms with E-state index in [0.717, 1.165) is 6.20 Å². The third-order valence-electron chi connectivity index (χ3n) is 1.25. The van der Waals surface area contributed by atoms with Crippen LogP contribution in [0.4, 0.5) is 17.6 Å². The van der Waals surface area contributed by atoms with Gasteiger partial charge in [-0.05, 0) is 17.7 Å². The Kier molecular flexibility index (Phi) is 2.65. The maximum atomic E-state index is 12.3. The van der Waals surface area contributed by atoms with E-state index < -0.39 is 12.0 Å². The molecule has 0 spiro atoms. The second kappa shape index (κ2) is 3.55. The minimum Gasteiger partial charge on any atom is -0.264 e. The van der Waals surface area contributed by atoms with E-state index in [2.05, 4.69) is 4.98 Å². The van der Waals surface area contributed by atoms with Crippen LogP contribution in [0.25, 0.3) is 6.08 Å². The Morgan fingerprint density at radius 1 is 1.38 bits per heavy atom. The fourth-order valence-electron chi connectivity index (χ4n) is 0.690. The number of rotatable bonds is 1. The summed E-state index contributed by atoms with van der Waals surface area (Å²) in [5, 5.41) is 0. The number of allylic oxidation sites excluding steroid dienone is 1. The molecule has 0 aliphatic heterocycles. The van der Waals surface area contributed by atoms with Crippen LogP contribution in [0.5, 0.6) is 0 Å². The monoisotopic (exact) mass is 191 g/mol. The molecule has 0 saturated carbocycles. The number of hydrogen-bond acceptors (Lipinski definition) is 1. The maximum Gasteiger partial charge on any atom is 0.442 e. The highest BCUT2D eigenvalue weighted by atomic mass is 19.4. The van der Waals surface area contributed by atoms with Gasteiger partial charge in [0.05, 0.1) is 0 Å². The maximum absolute atomic E-state index is 12.3. The van der Waals surface area contributed by atoms with Gasteiger partial charge in [-0.3, -0.25) is 4.98 Å². The summed E-state index contributed by atoms with van der Waals surface area (Å²) in [6, 6.07) is 2.76. The molecule has 0 bridgehead atoms. The molecule has 1 heterocycles. The van der Waals surface area contributed by atoms with E-state index in [9.17, 15) is 17.6 Å². The molecule has 1 aromatic rings. The Balaban J connectivity index is 2.90. The third-order valence-corrected chi connectivity index (χ3v) is 1.25. The largest absolute Gasteiger partial charge is 0.442 e. The predicted octanol–water partition coefficient (Wildman–Crippen LogP) is 2.95. The molecule has 1 nitrogen and oxygen atoms in total. The van der Waals surface area contributed by atoms with Crippen molar-refractivity contribution >= 4 is 6.08 Å². The van der Waals surface area contributed by atoms with E-state index in [1.165, 1.54) is 18.3 Å². The topological polar surface area (TPSA) is 12.9 Å². The van der Waals surface area contributed by atoms with Crippen LogP contribution >= 0.6 is 0 Å². The molecule has 0 saturated heterocycles. The number of hydrogen-bond donors (Lipinski definition) is 0. The number of pyridine rings is 1. The van der Waals surface area contributed by atoms with Crippen LogP contribution in [0.1, 0.15) is 5.56 Å². The molecular formula is C8H5F4N. The van der Waals surface area contributed by atoms with Gasteiger partial charge in [-0.1, -0.05) is 6.07 Å². The fraction of sp³-hybridized carbons (Fsp3) is 0.125. The Hall–Kier alpha value is -1.39. The molecule has 1 rings (SSSR count). The molecule has 1 aromatic heterocycles. The van der Waals surface area contributed by atoms with Crippen LogP contribution in [-0.2, 0) is 0 Å².